The molecule has 78 valence electrons. The maximum Gasteiger partial charge on any atom is 0.391 e. The Kier molecular flexibility index (Phi) is 5.75. The smallest absolute Gasteiger partial charge is 0.251 e. The maximum atomic E-state index is 11.9. The predicted molar refractivity (Wildman–Crippen MR) is 44.2 cm³/mol. The second-order valence-corrected chi connectivity index (χ2v) is 2.97. The van der Waals surface area contributed by atoms with E-state index >= 15 is 0 Å². The molecule has 0 aliphatic heterocycles. The summed E-state index contributed by atoms with van der Waals surface area (Å²) >= 11 is 0. The molecule has 0 aromatic carbocycles. The second kappa shape index (κ2) is 6.00. The zero-order valence-corrected chi connectivity index (χ0v) is 7.57. The van der Waals surface area contributed by atoms with Gasteiger partial charge in [-0.3, -0.25) is 4.39 Å². The van der Waals surface area contributed by atoms with Gasteiger partial charge in [-0.05, 0) is 19.3 Å². The van der Waals surface area contributed by atoms with Crippen molar-refractivity contribution in [2.24, 2.45) is 5.92 Å². The summed E-state index contributed by atoms with van der Waals surface area (Å²) < 4.78 is 47.4. The summed E-state index contributed by atoms with van der Waals surface area (Å²) in [6.07, 6.45) is -0.202. The topological polar surface area (TPSA) is 0 Å². The monoisotopic (exact) mass is 198 g/mol. The molecule has 13 heavy (non-hydrogen) atoms. The molecule has 0 radical (unpaired) electrons. The Morgan fingerprint density at radius 1 is 1.15 bits per heavy atom. The van der Waals surface area contributed by atoms with E-state index in [1.165, 1.54) is 0 Å². The molecule has 0 bridgehead atoms. The van der Waals surface area contributed by atoms with E-state index in [0.29, 0.717) is 12.8 Å². The Bertz CT molecular complexity index is 148. The number of hydrogen-bond donors (Lipinski definition) is 0. The quantitative estimate of drug-likeness (QED) is 0.464. The fourth-order valence-electron chi connectivity index (χ4n) is 0.809. The number of alkyl halides is 4. The number of halogens is 4. The highest BCUT2D eigenvalue weighted by Crippen LogP contribution is 2.29. The summed E-state index contributed by atoms with van der Waals surface area (Å²) in [7, 11) is 0. The van der Waals surface area contributed by atoms with E-state index < -0.39 is 18.8 Å². The van der Waals surface area contributed by atoms with Crippen LogP contribution in [0.1, 0.15) is 26.2 Å². The Morgan fingerprint density at radius 3 is 2.15 bits per heavy atom. The summed E-state index contributed by atoms with van der Waals surface area (Å²) in [5.74, 6) is -1.28. The molecule has 0 aromatic rings. The minimum absolute atomic E-state index is 0.0757. The molecule has 1 unspecified atom stereocenters. The van der Waals surface area contributed by atoms with Crippen molar-refractivity contribution in [2.75, 3.05) is 6.67 Å². The molecule has 4 heteroatoms. The van der Waals surface area contributed by atoms with Gasteiger partial charge >= 0.3 is 6.18 Å². The van der Waals surface area contributed by atoms with Crippen LogP contribution in [0.15, 0.2) is 12.2 Å². The normalized spacial score (nSPS) is 15.2. The highest BCUT2D eigenvalue weighted by atomic mass is 19.4. The molecule has 0 saturated carbocycles. The molecule has 0 fully saturated rings. The molecule has 0 nitrogen and oxygen atoms in total. The molecule has 0 heterocycles. The molecule has 0 spiro atoms. The first-order chi connectivity index (χ1) is 5.98. The van der Waals surface area contributed by atoms with E-state index in [1.807, 2.05) is 0 Å². The third-order valence-corrected chi connectivity index (χ3v) is 1.77. The molecule has 0 aliphatic rings. The lowest BCUT2D eigenvalue weighted by Crippen LogP contribution is -2.19. The summed E-state index contributed by atoms with van der Waals surface area (Å²) in [4.78, 5) is 0. The average molecular weight is 198 g/mol. The first kappa shape index (κ1) is 12.5. The van der Waals surface area contributed by atoms with Crippen LogP contribution >= 0.6 is 0 Å². The predicted octanol–water partition coefficient (Wildman–Crippen LogP) is 3.88. The number of rotatable bonds is 5. The summed E-state index contributed by atoms with van der Waals surface area (Å²) in [5.41, 5.74) is 0. The van der Waals surface area contributed by atoms with E-state index in [0.717, 1.165) is 6.92 Å². The van der Waals surface area contributed by atoms with Gasteiger partial charge in [0.15, 0.2) is 0 Å². The van der Waals surface area contributed by atoms with Gasteiger partial charge in [-0.25, -0.2) is 0 Å². The molecule has 0 aliphatic carbocycles. The van der Waals surface area contributed by atoms with Gasteiger partial charge in [-0.2, -0.15) is 13.2 Å². The molecule has 0 rings (SSSR count). The molecular formula is C9H14F4. The standard InChI is InChI=1S/C9H14F4/c1-8(9(11,12)13)6-4-2-3-5-7-10/h2-3,8H,4-7H2,1H3. The zero-order valence-electron chi connectivity index (χ0n) is 7.57. The van der Waals surface area contributed by atoms with Crippen molar-refractivity contribution >= 4 is 0 Å². The minimum atomic E-state index is -4.10. The lowest BCUT2D eigenvalue weighted by Gasteiger charge is -2.13. The van der Waals surface area contributed by atoms with Gasteiger partial charge in [-0.15, -0.1) is 0 Å². The van der Waals surface area contributed by atoms with Crippen LogP contribution in [-0.2, 0) is 0 Å². The highest BCUT2D eigenvalue weighted by molar-refractivity contribution is 4.82. The van der Waals surface area contributed by atoms with E-state index in [-0.39, 0.29) is 6.42 Å². The molecule has 0 N–H and O–H groups in total. The van der Waals surface area contributed by atoms with Gasteiger partial charge in [0.1, 0.15) is 0 Å². The SMILES string of the molecule is CC(CCC=CCCF)C(F)(F)F. The summed E-state index contributed by atoms with van der Waals surface area (Å²) in [6, 6.07) is 0. The lowest BCUT2D eigenvalue weighted by atomic mass is 10.1. The molecule has 0 saturated heterocycles. The fraction of sp³-hybridized carbons (Fsp3) is 0.778. The van der Waals surface area contributed by atoms with Crippen LogP contribution in [-0.4, -0.2) is 12.9 Å². The minimum Gasteiger partial charge on any atom is -0.251 e. The fourth-order valence-corrected chi connectivity index (χ4v) is 0.809. The highest BCUT2D eigenvalue weighted by Gasteiger charge is 2.34. The second-order valence-electron chi connectivity index (χ2n) is 2.97. The molecule has 0 amide bonds. The van der Waals surface area contributed by atoms with Crippen molar-refractivity contribution in [1.29, 1.82) is 0 Å². The van der Waals surface area contributed by atoms with Gasteiger partial charge in [0.25, 0.3) is 0 Å². The van der Waals surface area contributed by atoms with Gasteiger partial charge in [-0.1, -0.05) is 19.1 Å². The van der Waals surface area contributed by atoms with Crippen molar-refractivity contribution in [3.8, 4) is 0 Å². The van der Waals surface area contributed by atoms with Crippen LogP contribution in [0.3, 0.4) is 0 Å². The Morgan fingerprint density at radius 2 is 1.69 bits per heavy atom. The molecular weight excluding hydrogens is 184 g/mol. The van der Waals surface area contributed by atoms with Gasteiger partial charge in [0.05, 0.1) is 12.6 Å². The Hall–Kier alpha value is -0.540. The Labute approximate surface area is 75.6 Å². The maximum absolute atomic E-state index is 11.9. The van der Waals surface area contributed by atoms with Gasteiger partial charge < -0.3 is 0 Å². The zero-order chi connectivity index (χ0) is 10.3. The third-order valence-electron chi connectivity index (χ3n) is 1.77. The van der Waals surface area contributed by atoms with Crippen molar-refractivity contribution in [3.63, 3.8) is 0 Å². The third kappa shape index (κ3) is 6.61. The average Bonchev–Trinajstić information content (AvgIpc) is 2.02. The van der Waals surface area contributed by atoms with Crippen molar-refractivity contribution < 1.29 is 17.6 Å². The van der Waals surface area contributed by atoms with Gasteiger partial charge in [0.2, 0.25) is 0 Å². The van der Waals surface area contributed by atoms with Crippen LogP contribution in [0.25, 0.3) is 0 Å². The van der Waals surface area contributed by atoms with Crippen LogP contribution in [0.5, 0.6) is 0 Å². The molecule has 0 aromatic heterocycles. The van der Waals surface area contributed by atoms with Crippen LogP contribution in [0.2, 0.25) is 0 Å². The van der Waals surface area contributed by atoms with Crippen LogP contribution < -0.4 is 0 Å². The van der Waals surface area contributed by atoms with Crippen molar-refractivity contribution in [1.82, 2.24) is 0 Å². The van der Waals surface area contributed by atoms with Crippen molar-refractivity contribution in [2.45, 2.75) is 32.4 Å². The van der Waals surface area contributed by atoms with Crippen LogP contribution in [0, 0.1) is 5.92 Å². The first-order valence-electron chi connectivity index (χ1n) is 4.26. The van der Waals surface area contributed by atoms with E-state index in [4.69, 9.17) is 0 Å². The van der Waals surface area contributed by atoms with Crippen LogP contribution in [0.4, 0.5) is 17.6 Å². The molecule has 1 atom stereocenters. The number of allylic oxidation sites excluding steroid dienone is 2. The number of hydrogen-bond acceptors (Lipinski definition) is 0. The first-order valence-corrected chi connectivity index (χ1v) is 4.26. The summed E-state index contributed by atoms with van der Waals surface area (Å²) in [5, 5.41) is 0. The Balaban J connectivity index is 3.53. The van der Waals surface area contributed by atoms with Crippen molar-refractivity contribution in [3.05, 3.63) is 12.2 Å². The van der Waals surface area contributed by atoms with Gasteiger partial charge in [0, 0.05) is 0 Å². The largest absolute Gasteiger partial charge is 0.391 e. The van der Waals surface area contributed by atoms with E-state index in [9.17, 15) is 17.6 Å². The van der Waals surface area contributed by atoms with E-state index in [2.05, 4.69) is 0 Å². The van der Waals surface area contributed by atoms with E-state index in [1.54, 1.807) is 12.2 Å². The lowest BCUT2D eigenvalue weighted by molar-refractivity contribution is -0.170. The summed E-state index contributed by atoms with van der Waals surface area (Å²) in [6.45, 7) is 0.703.